The molecule has 0 atom stereocenters. The van der Waals surface area contributed by atoms with Gasteiger partial charge in [0.1, 0.15) is 0 Å². The molecule has 0 radical (unpaired) electrons. The number of thiophene rings is 1. The highest BCUT2D eigenvalue weighted by Crippen LogP contribution is 2.24. The number of nitrogens with zero attached hydrogens (tertiary/aromatic N) is 1. The number of carbonyl (C=O) groups excluding carboxylic acids is 2. The Kier molecular flexibility index (Phi) is 5.16. The number of hydrogen-bond donors (Lipinski definition) is 1. The van der Waals surface area contributed by atoms with Crippen LogP contribution in [0, 0.1) is 0 Å². The van der Waals surface area contributed by atoms with E-state index in [2.05, 4.69) is 11.9 Å². The van der Waals surface area contributed by atoms with Gasteiger partial charge in [-0.1, -0.05) is 12.2 Å². The molecule has 0 aliphatic rings. The molecule has 116 valence electrons. The molecule has 0 unspecified atom stereocenters. The number of carbonyl (C=O) groups is 2. The van der Waals surface area contributed by atoms with Crippen LogP contribution in [0.15, 0.2) is 47.1 Å². The minimum absolute atomic E-state index is 0.0611. The van der Waals surface area contributed by atoms with Gasteiger partial charge in [0, 0.05) is 13.1 Å². The highest BCUT2D eigenvalue weighted by molar-refractivity contribution is 7.18. The molecule has 1 N–H and O–H groups in total. The smallest absolute Gasteiger partial charge is 0.291 e. The van der Waals surface area contributed by atoms with Gasteiger partial charge in [-0.15, -0.1) is 11.3 Å². The lowest BCUT2D eigenvalue weighted by Crippen LogP contribution is -2.31. The van der Waals surface area contributed by atoms with Crippen LogP contribution in [0.1, 0.15) is 34.1 Å². The van der Waals surface area contributed by atoms with E-state index in [0.29, 0.717) is 23.0 Å². The first-order valence-corrected chi connectivity index (χ1v) is 7.71. The second-order valence-electron chi connectivity index (χ2n) is 4.87. The number of rotatable bonds is 6. The van der Waals surface area contributed by atoms with Crippen molar-refractivity contribution in [3.8, 4) is 0 Å². The monoisotopic (exact) mass is 318 g/mol. The van der Waals surface area contributed by atoms with E-state index in [9.17, 15) is 9.59 Å². The van der Waals surface area contributed by atoms with E-state index in [1.807, 2.05) is 13.8 Å². The summed E-state index contributed by atoms with van der Waals surface area (Å²) in [6, 6.07) is 6.66. The summed E-state index contributed by atoms with van der Waals surface area (Å²) in [5.41, 5.74) is 0.929. The second kappa shape index (κ2) is 7.09. The van der Waals surface area contributed by atoms with Crippen molar-refractivity contribution in [3.05, 3.63) is 53.3 Å². The molecule has 2 heterocycles. The van der Waals surface area contributed by atoms with Gasteiger partial charge < -0.3 is 14.6 Å². The SMILES string of the molecule is C=C(C)CN(CC)C(=O)c1ccc(NC(=O)c2ccco2)s1. The van der Waals surface area contributed by atoms with E-state index in [-0.39, 0.29) is 17.6 Å². The molecule has 0 bridgehead atoms. The Bertz CT molecular complexity index is 673. The fourth-order valence-corrected chi connectivity index (χ4v) is 2.78. The molecule has 2 amide bonds. The number of nitrogens with one attached hydrogen (secondary N) is 1. The summed E-state index contributed by atoms with van der Waals surface area (Å²) in [7, 11) is 0. The molecule has 22 heavy (non-hydrogen) atoms. The maximum Gasteiger partial charge on any atom is 0.291 e. The first-order chi connectivity index (χ1) is 10.5. The summed E-state index contributed by atoms with van der Waals surface area (Å²) < 4.78 is 5.03. The average molecular weight is 318 g/mol. The third-order valence-electron chi connectivity index (χ3n) is 2.93. The van der Waals surface area contributed by atoms with E-state index >= 15 is 0 Å². The van der Waals surface area contributed by atoms with Gasteiger partial charge in [0.25, 0.3) is 11.8 Å². The number of hydrogen-bond acceptors (Lipinski definition) is 4. The lowest BCUT2D eigenvalue weighted by molar-refractivity contribution is 0.0783. The highest BCUT2D eigenvalue weighted by atomic mass is 32.1. The van der Waals surface area contributed by atoms with E-state index in [1.54, 1.807) is 29.2 Å². The Labute approximate surface area is 133 Å². The van der Waals surface area contributed by atoms with Gasteiger partial charge in [-0.25, -0.2) is 0 Å². The predicted molar refractivity (Wildman–Crippen MR) is 87.4 cm³/mol. The van der Waals surface area contributed by atoms with Crippen molar-refractivity contribution in [2.75, 3.05) is 18.4 Å². The Morgan fingerprint density at radius 2 is 2.14 bits per heavy atom. The first kappa shape index (κ1) is 16.0. The normalized spacial score (nSPS) is 10.3. The zero-order chi connectivity index (χ0) is 16.1. The molecule has 5 nitrogen and oxygen atoms in total. The van der Waals surface area contributed by atoms with Gasteiger partial charge in [-0.2, -0.15) is 0 Å². The van der Waals surface area contributed by atoms with E-state index in [1.165, 1.54) is 17.6 Å². The van der Waals surface area contributed by atoms with Crippen LogP contribution in [0.4, 0.5) is 5.00 Å². The summed E-state index contributed by atoms with van der Waals surface area (Å²) in [5.74, 6) is -0.159. The molecule has 0 aliphatic heterocycles. The minimum atomic E-state index is -0.333. The molecule has 6 heteroatoms. The van der Waals surface area contributed by atoms with Crippen LogP contribution in [0.3, 0.4) is 0 Å². The van der Waals surface area contributed by atoms with Gasteiger partial charge in [-0.3, -0.25) is 9.59 Å². The van der Waals surface area contributed by atoms with Crippen molar-refractivity contribution < 1.29 is 14.0 Å². The summed E-state index contributed by atoms with van der Waals surface area (Å²) in [6.45, 7) is 8.78. The van der Waals surface area contributed by atoms with Crippen LogP contribution in [0.5, 0.6) is 0 Å². The van der Waals surface area contributed by atoms with Gasteiger partial charge in [0.2, 0.25) is 0 Å². The first-order valence-electron chi connectivity index (χ1n) is 6.89. The Morgan fingerprint density at radius 3 is 2.73 bits per heavy atom. The van der Waals surface area contributed by atoms with Crippen molar-refractivity contribution in [2.45, 2.75) is 13.8 Å². The third-order valence-corrected chi connectivity index (χ3v) is 3.92. The van der Waals surface area contributed by atoms with Crippen LogP contribution in [-0.4, -0.2) is 29.8 Å². The Balaban J connectivity index is 2.05. The highest BCUT2D eigenvalue weighted by Gasteiger charge is 2.17. The zero-order valence-corrected chi connectivity index (χ0v) is 13.4. The summed E-state index contributed by atoms with van der Waals surface area (Å²) in [5, 5.41) is 3.32. The maximum atomic E-state index is 12.4. The topological polar surface area (TPSA) is 62.6 Å². The molecular formula is C16H18N2O3S. The van der Waals surface area contributed by atoms with Crippen molar-refractivity contribution in [3.63, 3.8) is 0 Å². The molecule has 2 aromatic heterocycles. The van der Waals surface area contributed by atoms with Gasteiger partial charge in [-0.05, 0) is 38.1 Å². The quantitative estimate of drug-likeness (QED) is 0.827. The Hall–Kier alpha value is -2.34. The third kappa shape index (κ3) is 3.85. The van der Waals surface area contributed by atoms with Crippen LogP contribution >= 0.6 is 11.3 Å². The Morgan fingerprint density at radius 1 is 1.36 bits per heavy atom. The fraction of sp³-hybridized carbons (Fsp3) is 0.250. The minimum Gasteiger partial charge on any atom is -0.459 e. The van der Waals surface area contributed by atoms with E-state index < -0.39 is 0 Å². The largest absolute Gasteiger partial charge is 0.459 e. The number of furan rings is 1. The van der Waals surface area contributed by atoms with E-state index in [0.717, 1.165) is 5.57 Å². The molecule has 2 rings (SSSR count). The summed E-state index contributed by atoms with van der Waals surface area (Å²) in [6.07, 6.45) is 1.44. The zero-order valence-electron chi connectivity index (χ0n) is 12.6. The molecule has 0 aromatic carbocycles. The number of likely N-dealkylation sites (N-methyl/N-ethyl adjacent to an activating group) is 1. The molecule has 0 aliphatic carbocycles. The fourth-order valence-electron chi connectivity index (χ4n) is 1.91. The molecule has 0 fully saturated rings. The standard InChI is InChI=1S/C16H18N2O3S/c1-4-18(10-11(2)3)16(20)13-7-8-14(22-13)17-15(19)12-6-5-9-21-12/h5-9H,2,4,10H2,1,3H3,(H,17,19). The second-order valence-corrected chi connectivity index (χ2v) is 5.96. The molecule has 2 aromatic rings. The molecule has 0 spiro atoms. The van der Waals surface area contributed by atoms with Crippen molar-refractivity contribution >= 4 is 28.2 Å². The number of amides is 2. The van der Waals surface area contributed by atoms with Crippen LogP contribution < -0.4 is 5.32 Å². The lowest BCUT2D eigenvalue weighted by atomic mass is 10.3. The van der Waals surface area contributed by atoms with Crippen LogP contribution in [0.25, 0.3) is 0 Å². The molecular weight excluding hydrogens is 300 g/mol. The summed E-state index contributed by atoms with van der Waals surface area (Å²) in [4.78, 5) is 26.6. The predicted octanol–water partition coefficient (Wildman–Crippen LogP) is 3.63. The van der Waals surface area contributed by atoms with Crippen molar-refractivity contribution in [2.24, 2.45) is 0 Å². The summed E-state index contributed by atoms with van der Waals surface area (Å²) >= 11 is 1.24. The van der Waals surface area contributed by atoms with Crippen LogP contribution in [0.2, 0.25) is 0 Å². The van der Waals surface area contributed by atoms with Gasteiger partial charge in [0.15, 0.2) is 5.76 Å². The van der Waals surface area contributed by atoms with E-state index in [4.69, 9.17) is 4.42 Å². The van der Waals surface area contributed by atoms with Gasteiger partial charge in [0.05, 0.1) is 16.1 Å². The lowest BCUT2D eigenvalue weighted by Gasteiger charge is -2.19. The van der Waals surface area contributed by atoms with Gasteiger partial charge >= 0.3 is 0 Å². The van der Waals surface area contributed by atoms with Crippen molar-refractivity contribution in [1.29, 1.82) is 0 Å². The molecule has 0 saturated heterocycles. The van der Waals surface area contributed by atoms with Crippen molar-refractivity contribution in [1.82, 2.24) is 4.90 Å². The number of anilines is 1. The molecule has 0 saturated carbocycles. The maximum absolute atomic E-state index is 12.4. The van der Waals surface area contributed by atoms with Crippen LogP contribution in [-0.2, 0) is 0 Å². The average Bonchev–Trinajstić information content (AvgIpc) is 3.14.